The van der Waals surface area contributed by atoms with Gasteiger partial charge >= 0.3 is 0 Å². The van der Waals surface area contributed by atoms with Gasteiger partial charge in [-0.3, -0.25) is 0 Å². The number of hydrogen-bond donors (Lipinski definition) is 1. The zero-order valence-electron chi connectivity index (χ0n) is 7.93. The lowest BCUT2D eigenvalue weighted by molar-refractivity contribution is 0.177. The molecule has 0 saturated heterocycles. The normalized spacial score (nSPS) is 12.6. The Labute approximate surface area is 106 Å². The summed E-state index contributed by atoms with van der Waals surface area (Å²) in [5.74, 6) is 0. The second kappa shape index (κ2) is 5.28. The van der Waals surface area contributed by atoms with E-state index in [0.29, 0.717) is 6.42 Å². The maximum absolute atomic E-state index is 9.91. The summed E-state index contributed by atoms with van der Waals surface area (Å²) < 4.78 is 2.08. The van der Waals surface area contributed by atoms with Crippen LogP contribution in [0.3, 0.4) is 0 Å². The van der Waals surface area contributed by atoms with Gasteiger partial charge in [-0.1, -0.05) is 21.5 Å². The highest BCUT2D eigenvalue weighted by Gasteiger charge is 2.11. The molecule has 1 atom stereocenters. The molecule has 1 nitrogen and oxygen atoms in total. The van der Waals surface area contributed by atoms with Gasteiger partial charge in [0.15, 0.2) is 0 Å². The molecule has 0 radical (unpaired) electrons. The highest BCUT2D eigenvalue weighted by atomic mass is 127. The van der Waals surface area contributed by atoms with Crippen molar-refractivity contribution < 1.29 is 5.11 Å². The molecular weight excluding hydrogens is 355 g/mol. The van der Waals surface area contributed by atoms with E-state index in [-0.39, 0.29) is 0 Å². The minimum atomic E-state index is -0.447. The smallest absolute Gasteiger partial charge is 0.0837 e. The highest BCUT2D eigenvalue weighted by Crippen LogP contribution is 2.27. The van der Waals surface area contributed by atoms with Gasteiger partial charge in [0.05, 0.1) is 6.10 Å². The van der Waals surface area contributed by atoms with Crippen molar-refractivity contribution in [2.45, 2.75) is 19.4 Å². The van der Waals surface area contributed by atoms with Crippen LogP contribution in [0.1, 0.15) is 25.0 Å². The fourth-order valence-corrected chi connectivity index (χ4v) is 2.28. The van der Waals surface area contributed by atoms with Crippen LogP contribution in [0.15, 0.2) is 34.8 Å². The number of aliphatic hydroxyl groups excluding tert-OH is 1. The lowest BCUT2D eigenvalue weighted by Gasteiger charge is -2.13. The van der Waals surface area contributed by atoms with Gasteiger partial charge < -0.3 is 5.11 Å². The second-order valence-electron chi connectivity index (χ2n) is 3.34. The molecule has 0 aliphatic carbocycles. The van der Waals surface area contributed by atoms with E-state index in [9.17, 15) is 5.11 Å². The van der Waals surface area contributed by atoms with Gasteiger partial charge in [-0.25, -0.2) is 0 Å². The Kier molecular flexibility index (Phi) is 4.60. The lowest BCUT2D eigenvalue weighted by Crippen LogP contribution is -2.00. The molecule has 76 valence electrons. The van der Waals surface area contributed by atoms with E-state index in [0.717, 1.165) is 19.2 Å². The topological polar surface area (TPSA) is 20.2 Å². The second-order valence-corrected chi connectivity index (χ2v) is 5.42. The van der Waals surface area contributed by atoms with Gasteiger partial charge in [-0.05, 0) is 59.7 Å². The van der Waals surface area contributed by atoms with Crippen LogP contribution in [0.4, 0.5) is 0 Å². The minimum absolute atomic E-state index is 0.447. The van der Waals surface area contributed by atoms with Gasteiger partial charge in [-0.2, -0.15) is 0 Å². The van der Waals surface area contributed by atoms with Gasteiger partial charge in [0, 0.05) is 8.04 Å². The molecule has 0 saturated carbocycles. The van der Waals surface area contributed by atoms with Gasteiger partial charge in [0.25, 0.3) is 0 Å². The standard InChI is InChI=1S/C11H12BrIO/c1-7(2)5-11(14)9-6-8(12)3-4-10(9)13/h3-4,6,11,14H,1,5H2,2H3. The molecule has 0 fully saturated rings. The quantitative estimate of drug-likeness (QED) is 0.632. The molecule has 0 aliphatic heterocycles. The van der Waals surface area contributed by atoms with Crippen LogP contribution >= 0.6 is 38.5 Å². The van der Waals surface area contributed by atoms with Crippen LogP contribution in [-0.4, -0.2) is 5.11 Å². The van der Waals surface area contributed by atoms with E-state index in [1.807, 2.05) is 25.1 Å². The van der Waals surface area contributed by atoms with Crippen LogP contribution in [0.5, 0.6) is 0 Å². The fourth-order valence-electron chi connectivity index (χ4n) is 1.21. The summed E-state index contributed by atoms with van der Waals surface area (Å²) in [7, 11) is 0. The Bertz CT molecular complexity index is 349. The van der Waals surface area contributed by atoms with Crippen LogP contribution in [0.25, 0.3) is 0 Å². The molecule has 1 aromatic rings. The van der Waals surface area contributed by atoms with Gasteiger partial charge in [0.2, 0.25) is 0 Å². The summed E-state index contributed by atoms with van der Waals surface area (Å²) in [6, 6.07) is 5.91. The van der Waals surface area contributed by atoms with Crippen molar-refractivity contribution in [2.75, 3.05) is 0 Å². The molecule has 0 bridgehead atoms. The van der Waals surface area contributed by atoms with Crippen molar-refractivity contribution in [2.24, 2.45) is 0 Å². The SMILES string of the molecule is C=C(C)CC(O)c1cc(Br)ccc1I. The maximum Gasteiger partial charge on any atom is 0.0837 e. The summed E-state index contributed by atoms with van der Waals surface area (Å²) in [5.41, 5.74) is 1.95. The lowest BCUT2D eigenvalue weighted by atomic mass is 10.0. The van der Waals surface area contributed by atoms with Crippen molar-refractivity contribution >= 4 is 38.5 Å². The molecule has 14 heavy (non-hydrogen) atoms. The summed E-state index contributed by atoms with van der Waals surface area (Å²) in [6.45, 7) is 5.72. The largest absolute Gasteiger partial charge is 0.388 e. The van der Waals surface area contributed by atoms with Crippen LogP contribution in [-0.2, 0) is 0 Å². The van der Waals surface area contributed by atoms with E-state index >= 15 is 0 Å². The first-order chi connectivity index (χ1) is 6.50. The van der Waals surface area contributed by atoms with Crippen molar-refractivity contribution in [3.8, 4) is 0 Å². The Hall–Kier alpha value is 0.130. The summed E-state index contributed by atoms with van der Waals surface area (Å²) in [6.07, 6.45) is 0.170. The summed E-state index contributed by atoms with van der Waals surface area (Å²) in [4.78, 5) is 0. The van der Waals surface area contributed by atoms with Gasteiger partial charge in [-0.15, -0.1) is 6.58 Å². The third-order valence-electron chi connectivity index (χ3n) is 1.86. The average Bonchev–Trinajstić information content (AvgIpc) is 2.08. The monoisotopic (exact) mass is 366 g/mol. The third-order valence-corrected chi connectivity index (χ3v) is 3.33. The summed E-state index contributed by atoms with van der Waals surface area (Å²) in [5, 5.41) is 9.91. The molecule has 1 N–H and O–H groups in total. The molecule has 1 aromatic carbocycles. The number of benzene rings is 1. The van der Waals surface area contributed by atoms with Crippen LogP contribution in [0.2, 0.25) is 0 Å². The number of halogens is 2. The molecular formula is C11H12BrIO. The molecule has 0 aliphatic rings. The first-order valence-corrected chi connectivity index (χ1v) is 6.15. The van der Waals surface area contributed by atoms with Crippen molar-refractivity contribution in [3.63, 3.8) is 0 Å². The van der Waals surface area contributed by atoms with E-state index in [4.69, 9.17) is 0 Å². The van der Waals surface area contributed by atoms with Crippen LogP contribution < -0.4 is 0 Å². The fraction of sp³-hybridized carbons (Fsp3) is 0.273. The Morgan fingerprint density at radius 2 is 2.29 bits per heavy atom. The Morgan fingerprint density at radius 1 is 1.64 bits per heavy atom. The van der Waals surface area contributed by atoms with Crippen molar-refractivity contribution in [1.29, 1.82) is 0 Å². The molecule has 0 amide bonds. The number of aliphatic hydroxyl groups is 1. The zero-order valence-corrected chi connectivity index (χ0v) is 11.7. The van der Waals surface area contributed by atoms with E-state index < -0.39 is 6.10 Å². The zero-order chi connectivity index (χ0) is 10.7. The van der Waals surface area contributed by atoms with Gasteiger partial charge in [0.1, 0.15) is 0 Å². The molecule has 1 unspecified atom stereocenters. The van der Waals surface area contributed by atoms with E-state index in [1.54, 1.807) is 0 Å². The minimum Gasteiger partial charge on any atom is -0.388 e. The highest BCUT2D eigenvalue weighted by molar-refractivity contribution is 14.1. The Morgan fingerprint density at radius 3 is 2.86 bits per heavy atom. The summed E-state index contributed by atoms with van der Waals surface area (Å²) >= 11 is 5.62. The maximum atomic E-state index is 9.91. The molecule has 0 aromatic heterocycles. The first-order valence-electron chi connectivity index (χ1n) is 4.28. The number of hydrogen-bond acceptors (Lipinski definition) is 1. The van der Waals surface area contributed by atoms with Crippen molar-refractivity contribution in [1.82, 2.24) is 0 Å². The molecule has 1 rings (SSSR count). The molecule has 0 spiro atoms. The third kappa shape index (κ3) is 3.37. The van der Waals surface area contributed by atoms with E-state index in [1.165, 1.54) is 0 Å². The van der Waals surface area contributed by atoms with E-state index in [2.05, 4.69) is 45.1 Å². The molecule has 0 heterocycles. The first kappa shape index (κ1) is 12.2. The van der Waals surface area contributed by atoms with Crippen molar-refractivity contribution in [3.05, 3.63) is 44.0 Å². The predicted molar refractivity (Wildman–Crippen MR) is 71.2 cm³/mol. The van der Waals surface area contributed by atoms with Crippen LogP contribution in [0, 0.1) is 3.57 Å². The predicted octanol–water partition coefficient (Wildman–Crippen LogP) is 4.05. The number of rotatable bonds is 3. The average molecular weight is 367 g/mol. The Balaban J connectivity index is 2.93. The molecule has 3 heteroatoms.